The second-order valence-corrected chi connectivity index (χ2v) is 5.24. The van der Waals surface area contributed by atoms with Crippen LogP contribution in [0.1, 0.15) is 43.8 Å². The van der Waals surface area contributed by atoms with E-state index in [2.05, 4.69) is 10.3 Å². The number of nitrogens with one attached hydrogen (secondary N) is 1. The van der Waals surface area contributed by atoms with Gasteiger partial charge in [-0.3, -0.25) is 4.99 Å². The second-order valence-electron chi connectivity index (χ2n) is 5.24. The molecule has 0 amide bonds. The van der Waals surface area contributed by atoms with Gasteiger partial charge in [-0.2, -0.15) is 0 Å². The lowest BCUT2D eigenvalue weighted by Gasteiger charge is -2.23. The van der Waals surface area contributed by atoms with Gasteiger partial charge in [-0.25, -0.2) is 4.39 Å². The van der Waals surface area contributed by atoms with Gasteiger partial charge >= 0.3 is 0 Å². The summed E-state index contributed by atoms with van der Waals surface area (Å²) >= 11 is 0. The molecule has 2 rings (SSSR count). The van der Waals surface area contributed by atoms with Gasteiger partial charge in [-0.15, -0.1) is 24.0 Å². The van der Waals surface area contributed by atoms with Crippen molar-refractivity contribution in [2.24, 2.45) is 10.7 Å². The van der Waals surface area contributed by atoms with Gasteiger partial charge in [0.15, 0.2) is 5.96 Å². The zero-order valence-electron chi connectivity index (χ0n) is 12.0. The molecule has 1 aromatic carbocycles. The fourth-order valence-corrected chi connectivity index (χ4v) is 2.53. The smallest absolute Gasteiger partial charge is 0.188 e. The van der Waals surface area contributed by atoms with Gasteiger partial charge in [-0.05, 0) is 18.9 Å². The normalized spacial score (nSPS) is 17.9. The van der Waals surface area contributed by atoms with Crippen LogP contribution < -0.4 is 11.1 Å². The summed E-state index contributed by atoms with van der Waals surface area (Å²) in [4.78, 5) is 4.10. The van der Waals surface area contributed by atoms with E-state index in [1.165, 1.54) is 25.3 Å². The predicted octanol–water partition coefficient (Wildman–Crippen LogP) is 2.71. The summed E-state index contributed by atoms with van der Waals surface area (Å²) in [6, 6.07) is 6.53. The monoisotopic (exact) mass is 407 g/mol. The molecule has 1 aliphatic carbocycles. The molecule has 1 fully saturated rings. The highest BCUT2D eigenvalue weighted by Gasteiger charge is 2.14. The third-order valence-corrected chi connectivity index (χ3v) is 3.66. The van der Waals surface area contributed by atoms with Crippen LogP contribution in [0.2, 0.25) is 0 Å². The number of hydrogen-bond donors (Lipinski definition) is 3. The van der Waals surface area contributed by atoms with Crippen LogP contribution in [0, 0.1) is 5.82 Å². The number of aliphatic hydroxyl groups is 1. The first-order valence-corrected chi connectivity index (χ1v) is 7.16. The van der Waals surface area contributed by atoms with E-state index in [0.29, 0.717) is 12.0 Å². The Morgan fingerprint density at radius 1 is 1.33 bits per heavy atom. The van der Waals surface area contributed by atoms with E-state index < -0.39 is 11.9 Å². The Kier molecular flexibility index (Phi) is 7.95. The molecule has 4 N–H and O–H groups in total. The molecule has 0 heterocycles. The third kappa shape index (κ3) is 5.78. The van der Waals surface area contributed by atoms with Gasteiger partial charge < -0.3 is 16.2 Å². The van der Waals surface area contributed by atoms with Gasteiger partial charge in [0, 0.05) is 11.6 Å². The van der Waals surface area contributed by atoms with Crippen LogP contribution in [0.25, 0.3) is 0 Å². The van der Waals surface area contributed by atoms with Crippen LogP contribution in [0.3, 0.4) is 0 Å². The van der Waals surface area contributed by atoms with Gasteiger partial charge in [0.25, 0.3) is 0 Å². The predicted molar refractivity (Wildman–Crippen MR) is 93.3 cm³/mol. The fraction of sp³-hybridized carbons (Fsp3) is 0.533. The lowest BCUT2D eigenvalue weighted by Crippen LogP contribution is -2.41. The van der Waals surface area contributed by atoms with Crippen LogP contribution in [-0.2, 0) is 0 Å². The number of hydrogen-bond acceptors (Lipinski definition) is 2. The maximum atomic E-state index is 13.5. The molecule has 1 saturated carbocycles. The molecule has 0 saturated heterocycles. The Balaban J connectivity index is 0.00000220. The van der Waals surface area contributed by atoms with Crippen LogP contribution in [0.5, 0.6) is 0 Å². The molecule has 6 heteroatoms. The van der Waals surface area contributed by atoms with Gasteiger partial charge in [0.1, 0.15) is 11.9 Å². The number of benzene rings is 1. The molecule has 0 aliphatic heterocycles. The summed E-state index contributed by atoms with van der Waals surface area (Å²) in [5.74, 6) is -0.0960. The van der Waals surface area contributed by atoms with E-state index >= 15 is 0 Å². The molecule has 0 aromatic heterocycles. The summed E-state index contributed by atoms with van der Waals surface area (Å²) in [6.45, 7) is 0.0620. The largest absolute Gasteiger partial charge is 0.386 e. The van der Waals surface area contributed by atoms with E-state index in [1.54, 1.807) is 18.2 Å². The molecule has 0 spiro atoms. The summed E-state index contributed by atoms with van der Waals surface area (Å²) in [7, 11) is 0. The quantitative estimate of drug-likeness (QED) is 0.409. The molecule has 0 radical (unpaired) electrons. The van der Waals surface area contributed by atoms with Crippen molar-refractivity contribution in [3.05, 3.63) is 35.6 Å². The second kappa shape index (κ2) is 9.19. The minimum atomic E-state index is -0.970. The Morgan fingerprint density at radius 3 is 2.67 bits per heavy atom. The number of rotatable bonds is 4. The standard InChI is InChI=1S/C15H22FN3O.HI/c16-13-9-5-4-8-12(13)14(20)10-18-15(17)19-11-6-2-1-3-7-11;/h4-5,8-9,11,14,20H,1-3,6-7,10H2,(H3,17,18,19);1H. The molecule has 1 aromatic rings. The number of halogens is 2. The van der Waals surface area contributed by atoms with Crippen LogP contribution in [0.4, 0.5) is 4.39 Å². The van der Waals surface area contributed by atoms with Crippen molar-refractivity contribution in [1.29, 1.82) is 0 Å². The van der Waals surface area contributed by atoms with Gasteiger partial charge in [0.2, 0.25) is 0 Å². The lowest BCUT2D eigenvalue weighted by molar-refractivity contribution is 0.182. The maximum Gasteiger partial charge on any atom is 0.188 e. The number of nitrogens with zero attached hydrogens (tertiary/aromatic N) is 1. The van der Waals surface area contributed by atoms with Crippen molar-refractivity contribution in [3.63, 3.8) is 0 Å². The molecule has 118 valence electrons. The minimum Gasteiger partial charge on any atom is -0.386 e. The molecule has 1 atom stereocenters. The highest BCUT2D eigenvalue weighted by Crippen LogP contribution is 2.18. The van der Waals surface area contributed by atoms with E-state index in [0.717, 1.165) is 12.8 Å². The highest BCUT2D eigenvalue weighted by atomic mass is 127. The number of aliphatic hydroxyl groups excluding tert-OH is 1. The van der Waals surface area contributed by atoms with Gasteiger partial charge in [-0.1, -0.05) is 37.5 Å². The lowest BCUT2D eigenvalue weighted by atomic mass is 9.96. The Labute approximate surface area is 142 Å². The summed E-state index contributed by atoms with van der Waals surface area (Å²) in [6.07, 6.45) is 4.94. The van der Waals surface area contributed by atoms with Crippen LogP contribution in [-0.4, -0.2) is 23.7 Å². The molecular formula is C15H23FIN3O. The van der Waals surface area contributed by atoms with Crippen molar-refractivity contribution in [2.45, 2.75) is 44.2 Å². The van der Waals surface area contributed by atoms with Crippen molar-refractivity contribution >= 4 is 29.9 Å². The molecule has 21 heavy (non-hydrogen) atoms. The number of aliphatic imine (C=N–C) groups is 1. The van der Waals surface area contributed by atoms with Crippen molar-refractivity contribution in [3.8, 4) is 0 Å². The van der Waals surface area contributed by atoms with E-state index in [4.69, 9.17) is 5.73 Å². The highest BCUT2D eigenvalue weighted by molar-refractivity contribution is 14.0. The van der Waals surface area contributed by atoms with Crippen molar-refractivity contribution in [1.82, 2.24) is 5.32 Å². The Bertz CT molecular complexity index is 464. The SMILES string of the molecule is I.NC(=NCC(O)c1ccccc1F)NC1CCCCC1. The zero-order valence-corrected chi connectivity index (χ0v) is 14.3. The molecular weight excluding hydrogens is 384 g/mol. The maximum absolute atomic E-state index is 13.5. The van der Waals surface area contributed by atoms with E-state index in [-0.39, 0.29) is 36.1 Å². The number of guanidine groups is 1. The number of nitrogens with two attached hydrogens (primary N) is 1. The van der Waals surface area contributed by atoms with E-state index in [9.17, 15) is 9.50 Å². The van der Waals surface area contributed by atoms with Gasteiger partial charge in [0.05, 0.1) is 6.54 Å². The molecule has 1 aliphatic rings. The van der Waals surface area contributed by atoms with Crippen molar-refractivity contribution in [2.75, 3.05) is 6.54 Å². The Hall–Kier alpha value is -0.890. The molecule has 1 unspecified atom stereocenters. The Morgan fingerprint density at radius 2 is 2.00 bits per heavy atom. The summed E-state index contributed by atoms with van der Waals surface area (Å²) < 4.78 is 13.5. The van der Waals surface area contributed by atoms with E-state index in [1.807, 2.05) is 0 Å². The average Bonchev–Trinajstić information content (AvgIpc) is 2.46. The molecule has 4 nitrogen and oxygen atoms in total. The van der Waals surface area contributed by atoms with Crippen LogP contribution >= 0.6 is 24.0 Å². The zero-order chi connectivity index (χ0) is 14.4. The van der Waals surface area contributed by atoms with Crippen LogP contribution in [0.15, 0.2) is 29.3 Å². The summed E-state index contributed by atoms with van der Waals surface area (Å²) in [5.41, 5.74) is 6.05. The van der Waals surface area contributed by atoms with Crippen molar-refractivity contribution < 1.29 is 9.50 Å². The fourth-order valence-electron chi connectivity index (χ4n) is 2.53. The topological polar surface area (TPSA) is 70.6 Å². The first-order valence-electron chi connectivity index (χ1n) is 7.16. The average molecular weight is 407 g/mol. The minimum absolute atomic E-state index is 0. The third-order valence-electron chi connectivity index (χ3n) is 3.66. The molecule has 0 bridgehead atoms. The first-order chi connectivity index (χ1) is 9.66. The summed E-state index contributed by atoms with van der Waals surface area (Å²) in [5, 5.41) is 13.1. The first kappa shape index (κ1) is 18.2.